The van der Waals surface area contributed by atoms with E-state index in [4.69, 9.17) is 16.7 Å². The number of hydrogen-bond acceptors (Lipinski definition) is 4. The molecule has 1 aromatic carbocycles. The van der Waals surface area contributed by atoms with E-state index >= 15 is 0 Å². The van der Waals surface area contributed by atoms with E-state index in [2.05, 4.69) is 5.32 Å². The van der Waals surface area contributed by atoms with E-state index < -0.39 is 5.97 Å². The fourth-order valence-electron chi connectivity index (χ4n) is 1.57. The largest absolute Gasteiger partial charge is 0.477 e. The van der Waals surface area contributed by atoms with Gasteiger partial charge in [-0.05, 0) is 30.7 Å². The molecule has 0 aliphatic heterocycles. The lowest BCUT2D eigenvalue weighted by atomic mass is 10.2. The number of rotatable bonds is 5. The highest BCUT2D eigenvalue weighted by Crippen LogP contribution is 2.25. The first-order chi connectivity index (χ1) is 9.95. The van der Waals surface area contributed by atoms with Crippen molar-refractivity contribution in [2.24, 2.45) is 0 Å². The van der Waals surface area contributed by atoms with Gasteiger partial charge in [-0.25, -0.2) is 4.79 Å². The number of nitrogens with one attached hydrogen (secondary N) is 1. The normalized spacial score (nSPS) is 10.4. The number of carboxylic acid groups (broad SMARTS) is 1. The maximum atomic E-state index is 11.9. The number of benzene rings is 1. The van der Waals surface area contributed by atoms with E-state index in [1.54, 1.807) is 23.6 Å². The van der Waals surface area contributed by atoms with Gasteiger partial charge in [0.2, 0.25) is 5.91 Å². The van der Waals surface area contributed by atoms with Crippen LogP contribution in [0.15, 0.2) is 34.5 Å². The summed E-state index contributed by atoms with van der Waals surface area (Å²) in [6, 6.07) is 6.87. The molecule has 7 heteroatoms. The molecule has 0 saturated carbocycles. The highest BCUT2D eigenvalue weighted by Gasteiger charge is 2.10. The molecule has 0 radical (unpaired) electrons. The van der Waals surface area contributed by atoms with Crippen LogP contribution < -0.4 is 5.32 Å². The number of carbonyl (C=O) groups is 2. The number of anilines is 1. The molecule has 2 N–H and O–H groups in total. The first-order valence-electron chi connectivity index (χ1n) is 5.96. The lowest BCUT2D eigenvalue weighted by Crippen LogP contribution is -2.14. The van der Waals surface area contributed by atoms with Crippen molar-refractivity contribution >= 4 is 52.3 Å². The summed E-state index contributed by atoms with van der Waals surface area (Å²) in [7, 11) is 0. The molecule has 0 aliphatic carbocycles. The van der Waals surface area contributed by atoms with E-state index in [1.807, 2.05) is 13.0 Å². The second-order valence-electron chi connectivity index (χ2n) is 4.25. The van der Waals surface area contributed by atoms with Gasteiger partial charge in [-0.1, -0.05) is 17.7 Å². The van der Waals surface area contributed by atoms with Gasteiger partial charge in [0.25, 0.3) is 0 Å². The Balaban J connectivity index is 1.92. The van der Waals surface area contributed by atoms with Crippen LogP contribution in [-0.2, 0) is 4.79 Å². The molecule has 1 heterocycles. The van der Waals surface area contributed by atoms with Gasteiger partial charge in [-0.15, -0.1) is 23.1 Å². The third kappa shape index (κ3) is 4.49. The summed E-state index contributed by atoms with van der Waals surface area (Å²) in [5.41, 5.74) is 1.62. The van der Waals surface area contributed by atoms with E-state index in [9.17, 15) is 9.59 Å². The molecular formula is C14H12ClNO3S2. The lowest BCUT2D eigenvalue weighted by Gasteiger charge is -2.08. The predicted molar refractivity (Wildman–Crippen MR) is 86.8 cm³/mol. The molecular weight excluding hydrogens is 330 g/mol. The summed E-state index contributed by atoms with van der Waals surface area (Å²) in [6.45, 7) is 1.89. The highest BCUT2D eigenvalue weighted by atomic mass is 35.5. The summed E-state index contributed by atoms with van der Waals surface area (Å²) in [6.07, 6.45) is 0. The Morgan fingerprint density at radius 1 is 1.38 bits per heavy atom. The van der Waals surface area contributed by atoms with Crippen LogP contribution >= 0.6 is 34.7 Å². The van der Waals surface area contributed by atoms with Crippen molar-refractivity contribution in [1.29, 1.82) is 0 Å². The Morgan fingerprint density at radius 3 is 2.81 bits per heavy atom. The summed E-state index contributed by atoms with van der Waals surface area (Å²) in [5.74, 6) is -0.902. The van der Waals surface area contributed by atoms with Crippen molar-refractivity contribution in [3.05, 3.63) is 45.1 Å². The van der Waals surface area contributed by atoms with Crippen LogP contribution in [-0.4, -0.2) is 22.7 Å². The number of thioether (sulfide) groups is 1. The van der Waals surface area contributed by atoms with Gasteiger partial charge in [0.05, 0.1) is 5.75 Å². The van der Waals surface area contributed by atoms with Crippen molar-refractivity contribution in [2.45, 2.75) is 11.8 Å². The topological polar surface area (TPSA) is 66.4 Å². The summed E-state index contributed by atoms with van der Waals surface area (Å²) in [4.78, 5) is 23.7. The molecule has 0 atom stereocenters. The SMILES string of the molecule is Cc1ccc(Cl)cc1NC(=O)CSc1csc(C(=O)O)c1. The number of amides is 1. The summed E-state index contributed by atoms with van der Waals surface area (Å²) < 4.78 is 0. The van der Waals surface area contributed by atoms with Crippen molar-refractivity contribution < 1.29 is 14.7 Å². The number of aromatic carboxylic acids is 1. The van der Waals surface area contributed by atoms with Crippen LogP contribution in [0, 0.1) is 6.92 Å². The fourth-order valence-corrected chi connectivity index (χ4v) is 3.41. The minimum atomic E-state index is -0.953. The first kappa shape index (κ1) is 15.9. The van der Waals surface area contributed by atoms with Crippen molar-refractivity contribution in [2.75, 3.05) is 11.1 Å². The zero-order valence-corrected chi connectivity index (χ0v) is 13.4. The zero-order chi connectivity index (χ0) is 15.4. The molecule has 0 unspecified atom stereocenters. The number of carboxylic acids is 1. The Morgan fingerprint density at radius 2 is 2.14 bits per heavy atom. The zero-order valence-electron chi connectivity index (χ0n) is 11.1. The quantitative estimate of drug-likeness (QED) is 0.802. The molecule has 0 fully saturated rings. The number of aryl methyl sites for hydroxylation is 1. The lowest BCUT2D eigenvalue weighted by molar-refractivity contribution is -0.113. The van der Waals surface area contributed by atoms with Crippen LogP contribution in [0.2, 0.25) is 5.02 Å². The van der Waals surface area contributed by atoms with Gasteiger partial charge >= 0.3 is 5.97 Å². The molecule has 0 saturated heterocycles. The van der Waals surface area contributed by atoms with Crippen molar-refractivity contribution in [1.82, 2.24) is 0 Å². The number of carbonyl (C=O) groups excluding carboxylic acids is 1. The van der Waals surface area contributed by atoms with Gasteiger partial charge in [-0.2, -0.15) is 0 Å². The molecule has 1 aromatic heterocycles. The molecule has 0 spiro atoms. The molecule has 110 valence electrons. The molecule has 0 aliphatic rings. The van der Waals surface area contributed by atoms with Crippen molar-refractivity contribution in [3.63, 3.8) is 0 Å². The maximum absolute atomic E-state index is 11.9. The highest BCUT2D eigenvalue weighted by molar-refractivity contribution is 8.00. The average molecular weight is 342 g/mol. The van der Waals surface area contributed by atoms with E-state index in [-0.39, 0.29) is 16.5 Å². The maximum Gasteiger partial charge on any atom is 0.345 e. The van der Waals surface area contributed by atoms with Crippen molar-refractivity contribution in [3.8, 4) is 0 Å². The van der Waals surface area contributed by atoms with E-state index in [0.29, 0.717) is 10.7 Å². The first-order valence-corrected chi connectivity index (χ1v) is 8.20. The van der Waals surface area contributed by atoms with E-state index in [0.717, 1.165) is 21.8 Å². The third-order valence-electron chi connectivity index (χ3n) is 2.63. The number of hydrogen-bond donors (Lipinski definition) is 2. The van der Waals surface area contributed by atoms with Crippen LogP contribution in [0.4, 0.5) is 5.69 Å². The van der Waals surface area contributed by atoms with Crippen LogP contribution in [0.1, 0.15) is 15.2 Å². The average Bonchev–Trinajstić information content (AvgIpc) is 2.90. The minimum absolute atomic E-state index is 0.159. The van der Waals surface area contributed by atoms with E-state index in [1.165, 1.54) is 11.8 Å². The molecule has 4 nitrogen and oxygen atoms in total. The van der Waals surface area contributed by atoms with Crippen LogP contribution in [0.3, 0.4) is 0 Å². The second-order valence-corrected chi connectivity index (χ2v) is 6.64. The Bertz CT molecular complexity index is 685. The molecule has 2 aromatic rings. The number of thiophene rings is 1. The molecule has 1 amide bonds. The fraction of sp³-hybridized carbons (Fsp3) is 0.143. The second kappa shape index (κ2) is 6.98. The number of halogens is 1. The van der Waals surface area contributed by atoms with Gasteiger partial charge in [-0.3, -0.25) is 4.79 Å². The third-order valence-corrected chi connectivity index (χ3v) is 4.91. The van der Waals surface area contributed by atoms with Gasteiger partial charge < -0.3 is 10.4 Å². The molecule has 2 rings (SSSR count). The monoisotopic (exact) mass is 341 g/mol. The predicted octanol–water partition coefficient (Wildman–Crippen LogP) is 4.14. The van der Waals surface area contributed by atoms with Crippen LogP contribution in [0.25, 0.3) is 0 Å². The summed E-state index contributed by atoms with van der Waals surface area (Å²) in [5, 5.41) is 13.9. The van der Waals surface area contributed by atoms with Gasteiger partial charge in [0, 0.05) is 21.0 Å². The molecule has 0 bridgehead atoms. The van der Waals surface area contributed by atoms with Gasteiger partial charge in [0.1, 0.15) is 4.88 Å². The van der Waals surface area contributed by atoms with Gasteiger partial charge in [0.15, 0.2) is 0 Å². The Kier molecular flexibility index (Phi) is 5.27. The smallest absolute Gasteiger partial charge is 0.345 e. The van der Waals surface area contributed by atoms with Crippen LogP contribution in [0.5, 0.6) is 0 Å². The minimum Gasteiger partial charge on any atom is -0.477 e. The summed E-state index contributed by atoms with van der Waals surface area (Å²) >= 11 is 8.34. The standard InChI is InChI=1S/C14H12ClNO3S2/c1-8-2-3-9(15)4-11(8)16-13(17)7-20-10-5-12(14(18)19)21-6-10/h2-6H,7H2,1H3,(H,16,17)(H,18,19). The Hall–Kier alpha value is -1.50. The Labute approximate surface area is 135 Å². The molecule has 21 heavy (non-hydrogen) atoms.